The molecule has 1 unspecified atom stereocenters. The van der Waals surface area contributed by atoms with Crippen LogP contribution in [-0.2, 0) is 19.1 Å². The molecule has 0 heterocycles. The quantitative estimate of drug-likeness (QED) is 0.495. The summed E-state index contributed by atoms with van der Waals surface area (Å²) in [5.74, 6) is 0.791. The van der Waals surface area contributed by atoms with Crippen molar-refractivity contribution >= 4 is 23.7 Å². The van der Waals surface area contributed by atoms with Gasteiger partial charge in [0.25, 0.3) is 0 Å². The van der Waals surface area contributed by atoms with Crippen LogP contribution in [0, 0.1) is 5.92 Å². The summed E-state index contributed by atoms with van der Waals surface area (Å²) in [7, 11) is 2.74. The molecule has 0 N–H and O–H groups in total. The zero-order valence-corrected chi connectivity index (χ0v) is 9.56. The van der Waals surface area contributed by atoms with Gasteiger partial charge in [-0.05, 0) is 0 Å². The van der Waals surface area contributed by atoms with Gasteiger partial charge in [-0.1, -0.05) is 6.92 Å². The van der Waals surface area contributed by atoms with Crippen molar-refractivity contribution in [2.75, 3.05) is 25.7 Å². The van der Waals surface area contributed by atoms with Crippen LogP contribution in [0.3, 0.4) is 0 Å². The van der Waals surface area contributed by atoms with Gasteiger partial charge >= 0.3 is 11.9 Å². The summed E-state index contributed by atoms with van der Waals surface area (Å²) >= 11 is 1.55. The third-order valence-electron chi connectivity index (χ3n) is 1.65. The zero-order chi connectivity index (χ0) is 11.0. The van der Waals surface area contributed by atoms with Crippen molar-refractivity contribution in [1.29, 1.82) is 0 Å². The van der Waals surface area contributed by atoms with Gasteiger partial charge in [-0.2, -0.15) is 11.8 Å². The highest BCUT2D eigenvalue weighted by Gasteiger charge is 2.12. The molecule has 0 aliphatic heterocycles. The predicted octanol–water partition coefficient (Wildman–Crippen LogP) is 1.09. The van der Waals surface area contributed by atoms with Gasteiger partial charge in [-0.25, -0.2) is 0 Å². The molecular weight excluding hydrogens is 204 g/mol. The van der Waals surface area contributed by atoms with Gasteiger partial charge in [0.1, 0.15) is 0 Å². The van der Waals surface area contributed by atoms with Crippen LogP contribution in [0.1, 0.15) is 13.3 Å². The van der Waals surface area contributed by atoms with Gasteiger partial charge in [0.15, 0.2) is 0 Å². The largest absolute Gasteiger partial charge is 0.469 e. The number of thioether (sulfide) groups is 1. The van der Waals surface area contributed by atoms with E-state index in [9.17, 15) is 9.59 Å². The minimum Gasteiger partial charge on any atom is -0.469 e. The van der Waals surface area contributed by atoms with Crippen molar-refractivity contribution < 1.29 is 19.1 Å². The fraction of sp³-hybridized carbons (Fsp3) is 0.778. The lowest BCUT2D eigenvalue weighted by Gasteiger charge is -2.07. The maximum atomic E-state index is 11.0. The van der Waals surface area contributed by atoms with Gasteiger partial charge in [0, 0.05) is 11.5 Å². The number of hydrogen-bond donors (Lipinski definition) is 0. The third-order valence-corrected chi connectivity index (χ3v) is 2.88. The molecule has 0 rings (SSSR count). The van der Waals surface area contributed by atoms with Gasteiger partial charge < -0.3 is 9.47 Å². The molecule has 0 fully saturated rings. The molecule has 0 amide bonds. The van der Waals surface area contributed by atoms with Crippen molar-refractivity contribution in [2.24, 2.45) is 5.92 Å². The highest BCUT2D eigenvalue weighted by molar-refractivity contribution is 7.99. The Morgan fingerprint density at radius 3 is 2.43 bits per heavy atom. The second kappa shape index (κ2) is 7.67. The van der Waals surface area contributed by atoms with Crippen LogP contribution in [0.5, 0.6) is 0 Å². The molecule has 0 saturated heterocycles. The summed E-state index contributed by atoms with van der Waals surface area (Å²) in [6.45, 7) is 1.80. The lowest BCUT2D eigenvalue weighted by Crippen LogP contribution is -2.15. The van der Waals surface area contributed by atoms with Crippen LogP contribution < -0.4 is 0 Å². The number of ether oxygens (including phenoxy) is 2. The van der Waals surface area contributed by atoms with Crippen molar-refractivity contribution in [1.82, 2.24) is 0 Å². The second-order valence-electron chi connectivity index (χ2n) is 2.83. The van der Waals surface area contributed by atoms with Crippen molar-refractivity contribution in [3.8, 4) is 0 Å². The molecule has 0 spiro atoms. The molecular formula is C9H16O4S. The monoisotopic (exact) mass is 220 g/mol. The topological polar surface area (TPSA) is 52.6 Å². The first-order valence-electron chi connectivity index (χ1n) is 4.34. The van der Waals surface area contributed by atoms with E-state index in [1.807, 2.05) is 0 Å². The van der Waals surface area contributed by atoms with E-state index in [1.165, 1.54) is 14.2 Å². The Bertz CT molecular complexity index is 193. The highest BCUT2D eigenvalue weighted by Crippen LogP contribution is 2.10. The molecule has 0 radical (unpaired) electrons. The number of carbonyl (C=O) groups is 2. The molecule has 0 aromatic heterocycles. The molecule has 0 aliphatic rings. The first-order chi connectivity index (χ1) is 6.61. The predicted molar refractivity (Wildman–Crippen MR) is 55.1 cm³/mol. The van der Waals surface area contributed by atoms with Gasteiger partial charge in [-0.3, -0.25) is 9.59 Å². The number of hydrogen-bond acceptors (Lipinski definition) is 5. The molecule has 0 saturated carbocycles. The molecule has 5 heteroatoms. The van der Waals surface area contributed by atoms with Crippen molar-refractivity contribution in [2.45, 2.75) is 13.3 Å². The molecule has 14 heavy (non-hydrogen) atoms. The Balaban J connectivity index is 3.45. The van der Waals surface area contributed by atoms with E-state index >= 15 is 0 Å². The van der Waals surface area contributed by atoms with Gasteiger partial charge in [-0.15, -0.1) is 0 Å². The van der Waals surface area contributed by atoms with Crippen LogP contribution in [0.25, 0.3) is 0 Å². The number of carbonyl (C=O) groups excluding carboxylic acids is 2. The first kappa shape index (κ1) is 13.3. The maximum Gasteiger partial charge on any atom is 0.309 e. The van der Waals surface area contributed by atoms with E-state index in [-0.39, 0.29) is 17.9 Å². The lowest BCUT2D eigenvalue weighted by atomic mass is 10.2. The third kappa shape index (κ3) is 5.85. The maximum absolute atomic E-state index is 11.0. The van der Waals surface area contributed by atoms with Crippen LogP contribution >= 0.6 is 11.8 Å². The molecule has 82 valence electrons. The zero-order valence-electron chi connectivity index (χ0n) is 8.74. The average molecular weight is 220 g/mol. The van der Waals surface area contributed by atoms with Gasteiger partial charge in [0.2, 0.25) is 0 Å². The van der Waals surface area contributed by atoms with E-state index in [2.05, 4.69) is 9.47 Å². The molecule has 0 bridgehead atoms. The van der Waals surface area contributed by atoms with E-state index in [1.54, 1.807) is 18.7 Å². The second-order valence-corrected chi connectivity index (χ2v) is 3.98. The Labute approximate surface area is 88.3 Å². The summed E-state index contributed by atoms with van der Waals surface area (Å²) < 4.78 is 9.05. The summed E-state index contributed by atoms with van der Waals surface area (Å²) in [6, 6.07) is 0. The minimum atomic E-state index is -0.219. The fourth-order valence-corrected chi connectivity index (χ4v) is 1.75. The average Bonchev–Trinajstić information content (AvgIpc) is 2.22. The number of esters is 2. The summed E-state index contributed by atoms with van der Waals surface area (Å²) in [5, 5.41) is 0. The molecule has 0 aliphatic carbocycles. The van der Waals surface area contributed by atoms with E-state index in [4.69, 9.17) is 0 Å². The van der Waals surface area contributed by atoms with E-state index < -0.39 is 0 Å². The van der Waals surface area contributed by atoms with Crippen LogP contribution in [0.15, 0.2) is 0 Å². The van der Waals surface area contributed by atoms with Crippen molar-refractivity contribution in [3.63, 3.8) is 0 Å². The van der Waals surface area contributed by atoms with E-state index in [0.717, 1.165) is 0 Å². The number of rotatable bonds is 6. The Morgan fingerprint density at radius 1 is 1.29 bits per heavy atom. The molecule has 0 aromatic carbocycles. The molecule has 0 aromatic rings. The lowest BCUT2D eigenvalue weighted by molar-refractivity contribution is -0.144. The first-order valence-corrected chi connectivity index (χ1v) is 5.49. The standard InChI is InChI=1S/C9H16O4S/c1-7(9(11)13-3)6-14-5-4-8(10)12-2/h7H,4-6H2,1-3H3. The fourth-order valence-electron chi connectivity index (χ4n) is 0.787. The highest BCUT2D eigenvalue weighted by atomic mass is 32.2. The van der Waals surface area contributed by atoms with Crippen LogP contribution in [-0.4, -0.2) is 37.7 Å². The molecule has 1 atom stereocenters. The Morgan fingerprint density at radius 2 is 1.93 bits per heavy atom. The van der Waals surface area contributed by atoms with Crippen LogP contribution in [0.4, 0.5) is 0 Å². The number of methoxy groups -OCH3 is 2. The SMILES string of the molecule is COC(=O)CCSCC(C)C(=O)OC. The summed E-state index contributed by atoms with van der Waals surface area (Å²) in [6.07, 6.45) is 0.384. The van der Waals surface area contributed by atoms with Crippen LogP contribution in [0.2, 0.25) is 0 Å². The normalized spacial score (nSPS) is 11.9. The Hall–Kier alpha value is -0.710. The summed E-state index contributed by atoms with van der Waals surface area (Å²) in [4.78, 5) is 21.7. The minimum absolute atomic E-state index is 0.123. The smallest absolute Gasteiger partial charge is 0.309 e. The summed E-state index contributed by atoms with van der Waals surface area (Å²) in [5.41, 5.74) is 0. The van der Waals surface area contributed by atoms with Crippen molar-refractivity contribution in [3.05, 3.63) is 0 Å². The molecule has 4 nitrogen and oxygen atoms in total. The Kier molecular flexibility index (Phi) is 7.28. The van der Waals surface area contributed by atoms with E-state index in [0.29, 0.717) is 17.9 Å². The van der Waals surface area contributed by atoms with Gasteiger partial charge in [0.05, 0.1) is 26.6 Å².